The molecule has 92 valence electrons. The zero-order valence-corrected chi connectivity index (χ0v) is 11.8. The fourth-order valence-corrected chi connectivity index (χ4v) is 2.25. The second kappa shape index (κ2) is 4.80. The van der Waals surface area contributed by atoms with Crippen LogP contribution in [0.3, 0.4) is 0 Å². The van der Waals surface area contributed by atoms with E-state index in [9.17, 15) is 0 Å². The Morgan fingerprint density at radius 3 is 2.82 bits per heavy atom. The zero-order valence-electron chi connectivity index (χ0n) is 10.2. The van der Waals surface area contributed by atoms with Gasteiger partial charge in [0, 0.05) is 12.6 Å². The summed E-state index contributed by atoms with van der Waals surface area (Å²) in [5.41, 5.74) is 1.99. The number of H-pyrrole nitrogens is 1. The van der Waals surface area contributed by atoms with Crippen molar-refractivity contribution in [3.63, 3.8) is 0 Å². The Hall–Kier alpha value is -0.840. The highest BCUT2D eigenvalue weighted by Gasteiger charge is 2.11. The number of rotatable bonds is 3. The second-order valence-corrected chi connectivity index (χ2v) is 5.28. The summed E-state index contributed by atoms with van der Waals surface area (Å²) in [5.74, 6) is 0. The molecule has 1 heterocycles. The van der Waals surface area contributed by atoms with Crippen LogP contribution in [0.25, 0.3) is 11.0 Å². The van der Waals surface area contributed by atoms with Gasteiger partial charge in [-0.15, -0.1) is 0 Å². The van der Waals surface area contributed by atoms with Gasteiger partial charge in [0.25, 0.3) is 0 Å². The SMILES string of the molecule is CC(Cn1c(=S)[nH]c2c(Cl)cccc21)N(C)C. The van der Waals surface area contributed by atoms with E-state index in [0.717, 1.165) is 22.3 Å². The van der Waals surface area contributed by atoms with Crippen LogP contribution in [0.1, 0.15) is 6.92 Å². The Bertz CT molecular complexity index is 585. The van der Waals surface area contributed by atoms with Crippen LogP contribution in [0.5, 0.6) is 0 Å². The molecule has 1 aromatic heterocycles. The van der Waals surface area contributed by atoms with Crippen LogP contribution in [-0.2, 0) is 6.54 Å². The van der Waals surface area contributed by atoms with Crippen LogP contribution in [0.2, 0.25) is 5.02 Å². The third-order valence-electron chi connectivity index (χ3n) is 3.09. The number of aromatic amines is 1. The van der Waals surface area contributed by atoms with E-state index in [1.807, 2.05) is 18.2 Å². The highest BCUT2D eigenvalue weighted by molar-refractivity contribution is 7.71. The molecule has 1 aromatic carbocycles. The molecule has 3 nitrogen and oxygen atoms in total. The number of para-hydroxylation sites is 1. The predicted octanol–water partition coefficient (Wildman–Crippen LogP) is 3.30. The van der Waals surface area contributed by atoms with Crippen molar-refractivity contribution in [1.82, 2.24) is 14.5 Å². The van der Waals surface area contributed by atoms with Crippen LogP contribution >= 0.6 is 23.8 Å². The number of imidazole rings is 1. The summed E-state index contributed by atoms with van der Waals surface area (Å²) in [7, 11) is 4.13. The fraction of sp³-hybridized carbons (Fsp3) is 0.417. The Morgan fingerprint density at radius 1 is 1.47 bits per heavy atom. The van der Waals surface area contributed by atoms with Gasteiger partial charge in [0.2, 0.25) is 0 Å². The van der Waals surface area contributed by atoms with Crippen molar-refractivity contribution in [2.75, 3.05) is 14.1 Å². The van der Waals surface area contributed by atoms with E-state index >= 15 is 0 Å². The largest absolute Gasteiger partial charge is 0.329 e. The Morgan fingerprint density at radius 2 is 2.18 bits per heavy atom. The molecule has 1 N–H and O–H groups in total. The fourth-order valence-electron chi connectivity index (χ4n) is 1.75. The van der Waals surface area contributed by atoms with Crippen LogP contribution in [-0.4, -0.2) is 34.6 Å². The summed E-state index contributed by atoms with van der Waals surface area (Å²) >= 11 is 11.5. The molecular weight excluding hydrogens is 254 g/mol. The smallest absolute Gasteiger partial charge is 0.178 e. The maximum Gasteiger partial charge on any atom is 0.178 e. The molecule has 0 aliphatic carbocycles. The predicted molar refractivity (Wildman–Crippen MR) is 75.3 cm³/mol. The van der Waals surface area contributed by atoms with Gasteiger partial charge in [-0.1, -0.05) is 17.7 Å². The van der Waals surface area contributed by atoms with Gasteiger partial charge in [-0.2, -0.15) is 0 Å². The van der Waals surface area contributed by atoms with Crippen LogP contribution in [0.4, 0.5) is 0 Å². The average Bonchev–Trinajstić information content (AvgIpc) is 2.58. The van der Waals surface area contributed by atoms with Crippen molar-refractivity contribution in [2.24, 2.45) is 0 Å². The van der Waals surface area contributed by atoms with Crippen molar-refractivity contribution in [3.05, 3.63) is 28.0 Å². The summed E-state index contributed by atoms with van der Waals surface area (Å²) in [6, 6.07) is 6.27. The normalized spacial score (nSPS) is 13.5. The molecule has 0 aliphatic heterocycles. The number of likely N-dealkylation sites (N-methyl/N-ethyl adjacent to an activating group) is 1. The van der Waals surface area contributed by atoms with Gasteiger partial charge >= 0.3 is 0 Å². The number of hydrogen-bond acceptors (Lipinski definition) is 2. The number of benzene rings is 1. The molecule has 0 fully saturated rings. The molecule has 0 saturated carbocycles. The molecule has 1 unspecified atom stereocenters. The van der Waals surface area contributed by atoms with Gasteiger partial charge in [-0.05, 0) is 45.4 Å². The first kappa shape index (κ1) is 12.6. The first-order valence-corrected chi connectivity index (χ1v) is 6.33. The Labute approximate surface area is 111 Å². The van der Waals surface area contributed by atoms with Crippen LogP contribution in [0.15, 0.2) is 18.2 Å². The molecular formula is C12H16ClN3S. The van der Waals surface area contributed by atoms with Crippen molar-refractivity contribution in [2.45, 2.75) is 19.5 Å². The number of nitrogens with one attached hydrogen (secondary N) is 1. The average molecular weight is 270 g/mol. The van der Waals surface area contributed by atoms with E-state index in [0.29, 0.717) is 11.1 Å². The summed E-state index contributed by atoms with van der Waals surface area (Å²) in [6.45, 7) is 3.03. The van der Waals surface area contributed by atoms with Crippen LogP contribution < -0.4 is 0 Å². The second-order valence-electron chi connectivity index (χ2n) is 4.49. The first-order chi connectivity index (χ1) is 8.00. The van der Waals surface area contributed by atoms with Gasteiger partial charge in [0.15, 0.2) is 4.77 Å². The standard InChI is InChI=1S/C12H16ClN3S/c1-8(15(2)3)7-16-10-6-4-5-9(13)11(10)14-12(16)17/h4-6,8H,7H2,1-3H3,(H,14,17). The summed E-state index contributed by atoms with van der Waals surface area (Å²) in [4.78, 5) is 5.34. The molecule has 5 heteroatoms. The van der Waals surface area contributed by atoms with E-state index < -0.39 is 0 Å². The quantitative estimate of drug-likeness (QED) is 0.865. The van der Waals surface area contributed by atoms with E-state index in [4.69, 9.17) is 23.8 Å². The highest BCUT2D eigenvalue weighted by Crippen LogP contribution is 2.22. The van der Waals surface area contributed by atoms with Crippen molar-refractivity contribution < 1.29 is 0 Å². The number of halogens is 1. The number of hydrogen-bond donors (Lipinski definition) is 1. The molecule has 2 rings (SSSR count). The van der Waals surface area contributed by atoms with Crippen molar-refractivity contribution >= 4 is 34.9 Å². The zero-order chi connectivity index (χ0) is 12.6. The van der Waals surface area contributed by atoms with Gasteiger partial charge in [-0.3, -0.25) is 0 Å². The van der Waals surface area contributed by atoms with E-state index in [2.05, 4.69) is 35.5 Å². The molecule has 0 aliphatic rings. The lowest BCUT2D eigenvalue weighted by atomic mass is 10.3. The highest BCUT2D eigenvalue weighted by atomic mass is 35.5. The minimum absolute atomic E-state index is 0.416. The molecule has 17 heavy (non-hydrogen) atoms. The number of nitrogens with zero attached hydrogens (tertiary/aromatic N) is 2. The van der Waals surface area contributed by atoms with Crippen molar-refractivity contribution in [3.8, 4) is 0 Å². The molecule has 0 amide bonds. The van der Waals surface area contributed by atoms with Crippen LogP contribution in [0, 0.1) is 4.77 Å². The van der Waals surface area contributed by atoms with Crippen molar-refractivity contribution in [1.29, 1.82) is 0 Å². The topological polar surface area (TPSA) is 24.0 Å². The minimum Gasteiger partial charge on any atom is -0.329 e. The van der Waals surface area contributed by atoms with Gasteiger partial charge in [0.05, 0.1) is 16.1 Å². The molecule has 0 radical (unpaired) electrons. The van der Waals surface area contributed by atoms with Gasteiger partial charge in [0.1, 0.15) is 0 Å². The number of fused-ring (bicyclic) bond motifs is 1. The maximum absolute atomic E-state index is 6.14. The third kappa shape index (κ3) is 2.39. The first-order valence-electron chi connectivity index (χ1n) is 5.54. The Kier molecular flexibility index (Phi) is 3.56. The molecule has 2 aromatic rings. The summed E-state index contributed by atoms with van der Waals surface area (Å²) < 4.78 is 2.82. The van der Waals surface area contributed by atoms with Gasteiger partial charge < -0.3 is 14.5 Å². The minimum atomic E-state index is 0.416. The molecule has 0 spiro atoms. The third-order valence-corrected chi connectivity index (χ3v) is 3.73. The Balaban J connectivity index is 2.51. The lowest BCUT2D eigenvalue weighted by Gasteiger charge is -2.20. The van der Waals surface area contributed by atoms with Gasteiger partial charge in [-0.25, -0.2) is 0 Å². The molecule has 0 bridgehead atoms. The lowest BCUT2D eigenvalue weighted by Crippen LogP contribution is -2.29. The summed E-state index contributed by atoms with van der Waals surface area (Å²) in [6.07, 6.45) is 0. The maximum atomic E-state index is 6.14. The molecule has 1 atom stereocenters. The van der Waals surface area contributed by atoms with E-state index in [-0.39, 0.29) is 0 Å². The lowest BCUT2D eigenvalue weighted by molar-refractivity contribution is 0.285. The monoisotopic (exact) mass is 269 g/mol. The molecule has 0 saturated heterocycles. The van der Waals surface area contributed by atoms with E-state index in [1.165, 1.54) is 0 Å². The van der Waals surface area contributed by atoms with E-state index in [1.54, 1.807) is 0 Å². The summed E-state index contributed by atoms with van der Waals surface area (Å²) in [5, 5.41) is 0.713. The number of aromatic nitrogens is 2.